The second-order valence-corrected chi connectivity index (χ2v) is 8.79. The van der Waals surface area contributed by atoms with Crippen LogP contribution >= 0.6 is 0 Å². The van der Waals surface area contributed by atoms with Crippen LogP contribution in [0.3, 0.4) is 0 Å². The minimum absolute atomic E-state index is 0.0873. The Balaban J connectivity index is 3.84. The topological polar surface area (TPSA) is 26.7 Å². The van der Waals surface area contributed by atoms with Crippen molar-refractivity contribution in [2.24, 2.45) is 0 Å². The van der Waals surface area contributed by atoms with Gasteiger partial charge in [-0.05, 0) is 42.1 Å². The Hall–Kier alpha value is -1.22. The van der Waals surface area contributed by atoms with Crippen molar-refractivity contribution in [3.8, 4) is 5.75 Å². The quantitative estimate of drug-likeness (QED) is 0.910. The molecular weight excluding hydrogens is 272 g/mol. The molecule has 0 radical (unpaired) electrons. The monoisotopic (exact) mass is 306 g/mol. The number of nitrogens with zero attached hydrogens (tertiary/aromatic N) is 2. The van der Waals surface area contributed by atoms with Crippen LogP contribution in [0.25, 0.3) is 0 Å². The SMILES string of the molecule is CN(C)Cc1cc(C(C)(C)C)c(O)c(C(C)(C)C)c1N(C)C. The number of phenols is 1. The fourth-order valence-corrected chi connectivity index (χ4v) is 2.97. The first-order valence-corrected chi connectivity index (χ1v) is 7.98. The third-order valence-corrected chi connectivity index (χ3v) is 3.84. The third-order valence-electron chi connectivity index (χ3n) is 3.84. The zero-order valence-electron chi connectivity index (χ0n) is 16.1. The Kier molecular flexibility index (Phi) is 5.23. The van der Waals surface area contributed by atoms with Gasteiger partial charge in [0, 0.05) is 31.9 Å². The van der Waals surface area contributed by atoms with Gasteiger partial charge in [-0.3, -0.25) is 0 Å². The summed E-state index contributed by atoms with van der Waals surface area (Å²) in [6, 6.07) is 2.18. The van der Waals surface area contributed by atoms with Crippen molar-refractivity contribution in [2.45, 2.75) is 58.9 Å². The Morgan fingerprint density at radius 2 is 1.41 bits per heavy atom. The third kappa shape index (κ3) is 3.95. The van der Waals surface area contributed by atoms with E-state index in [1.54, 1.807) is 0 Å². The van der Waals surface area contributed by atoms with Crippen molar-refractivity contribution in [1.82, 2.24) is 4.90 Å². The fraction of sp³-hybridized carbons (Fsp3) is 0.684. The molecule has 0 aliphatic rings. The summed E-state index contributed by atoms with van der Waals surface area (Å²) in [5.41, 5.74) is 4.28. The van der Waals surface area contributed by atoms with Gasteiger partial charge in [-0.1, -0.05) is 41.5 Å². The van der Waals surface area contributed by atoms with E-state index in [2.05, 4.69) is 85.6 Å². The van der Waals surface area contributed by atoms with E-state index in [4.69, 9.17) is 0 Å². The van der Waals surface area contributed by atoms with Gasteiger partial charge in [0.15, 0.2) is 0 Å². The first-order chi connectivity index (χ1) is 9.76. The highest BCUT2D eigenvalue weighted by atomic mass is 16.3. The minimum Gasteiger partial charge on any atom is -0.507 e. The molecule has 0 aliphatic heterocycles. The lowest BCUT2D eigenvalue weighted by molar-refractivity contribution is 0.396. The molecule has 0 saturated carbocycles. The van der Waals surface area contributed by atoms with Gasteiger partial charge in [0.1, 0.15) is 5.75 Å². The molecule has 0 amide bonds. The highest BCUT2D eigenvalue weighted by molar-refractivity contribution is 5.69. The van der Waals surface area contributed by atoms with Gasteiger partial charge >= 0.3 is 0 Å². The lowest BCUT2D eigenvalue weighted by atomic mass is 9.77. The molecule has 0 heterocycles. The van der Waals surface area contributed by atoms with Crippen molar-refractivity contribution in [3.05, 3.63) is 22.8 Å². The molecule has 0 unspecified atom stereocenters. The van der Waals surface area contributed by atoms with Crippen molar-refractivity contribution in [2.75, 3.05) is 33.1 Å². The van der Waals surface area contributed by atoms with E-state index in [9.17, 15) is 5.11 Å². The standard InChI is InChI=1S/C19H34N2O/c1-18(2,3)14-11-13(12-20(7)8)16(21(9)10)15(17(14)22)19(4,5)6/h11,22H,12H2,1-10H3. The van der Waals surface area contributed by atoms with Gasteiger partial charge in [0.2, 0.25) is 0 Å². The van der Waals surface area contributed by atoms with Gasteiger partial charge < -0.3 is 14.9 Å². The van der Waals surface area contributed by atoms with Crippen LogP contribution in [0.2, 0.25) is 0 Å². The first kappa shape index (κ1) is 18.8. The summed E-state index contributed by atoms with van der Waals surface area (Å²) in [6.45, 7) is 13.8. The summed E-state index contributed by atoms with van der Waals surface area (Å²) in [6.07, 6.45) is 0. The van der Waals surface area contributed by atoms with Gasteiger partial charge in [-0.15, -0.1) is 0 Å². The number of aromatic hydroxyl groups is 1. The molecule has 0 aromatic heterocycles. The molecule has 3 nitrogen and oxygen atoms in total. The number of benzene rings is 1. The summed E-state index contributed by atoms with van der Waals surface area (Å²) in [5.74, 6) is 0.450. The number of anilines is 1. The number of hydrogen-bond donors (Lipinski definition) is 1. The van der Waals surface area contributed by atoms with Gasteiger partial charge in [0.25, 0.3) is 0 Å². The molecule has 1 aromatic rings. The van der Waals surface area contributed by atoms with E-state index >= 15 is 0 Å². The Morgan fingerprint density at radius 3 is 1.73 bits per heavy atom. The average Bonchev–Trinajstić information content (AvgIpc) is 2.26. The molecule has 0 atom stereocenters. The maximum Gasteiger partial charge on any atom is 0.125 e. The van der Waals surface area contributed by atoms with Crippen molar-refractivity contribution < 1.29 is 5.11 Å². The van der Waals surface area contributed by atoms with Gasteiger partial charge in [-0.2, -0.15) is 0 Å². The molecule has 0 saturated heterocycles. The number of rotatable bonds is 3. The van der Waals surface area contributed by atoms with Crippen molar-refractivity contribution in [3.63, 3.8) is 0 Å². The molecule has 1 rings (SSSR count). The second kappa shape index (κ2) is 6.11. The van der Waals surface area contributed by atoms with Crippen LogP contribution in [0.5, 0.6) is 5.75 Å². The average molecular weight is 306 g/mol. The Morgan fingerprint density at radius 1 is 0.909 bits per heavy atom. The molecule has 0 spiro atoms. The molecule has 126 valence electrons. The lowest BCUT2D eigenvalue weighted by Crippen LogP contribution is -2.25. The van der Waals surface area contributed by atoms with E-state index in [0.29, 0.717) is 5.75 Å². The number of hydrogen-bond acceptors (Lipinski definition) is 3. The number of phenolic OH excluding ortho intramolecular Hbond substituents is 1. The zero-order chi connectivity index (χ0) is 17.5. The van der Waals surface area contributed by atoms with Crippen molar-refractivity contribution in [1.29, 1.82) is 0 Å². The van der Waals surface area contributed by atoms with Crippen LogP contribution in [-0.2, 0) is 17.4 Å². The van der Waals surface area contributed by atoms with Crippen LogP contribution in [0.15, 0.2) is 6.07 Å². The molecule has 3 heteroatoms. The largest absolute Gasteiger partial charge is 0.507 e. The van der Waals surface area contributed by atoms with Gasteiger partial charge in [0.05, 0.1) is 0 Å². The highest BCUT2D eigenvalue weighted by Crippen LogP contribution is 2.46. The van der Waals surface area contributed by atoms with Gasteiger partial charge in [-0.25, -0.2) is 0 Å². The first-order valence-electron chi connectivity index (χ1n) is 7.98. The predicted octanol–water partition coefficient (Wildman–Crippen LogP) is 4.11. The molecule has 0 bridgehead atoms. The minimum atomic E-state index is -0.119. The van der Waals surface area contributed by atoms with Crippen LogP contribution in [0, 0.1) is 0 Å². The van der Waals surface area contributed by atoms with E-state index in [-0.39, 0.29) is 10.8 Å². The van der Waals surface area contributed by atoms with E-state index in [1.807, 2.05) is 0 Å². The maximum absolute atomic E-state index is 11.0. The van der Waals surface area contributed by atoms with Crippen LogP contribution in [-0.4, -0.2) is 38.2 Å². The summed E-state index contributed by atoms with van der Waals surface area (Å²) in [4.78, 5) is 4.31. The van der Waals surface area contributed by atoms with Crippen LogP contribution in [0.1, 0.15) is 58.2 Å². The zero-order valence-corrected chi connectivity index (χ0v) is 16.1. The molecule has 1 aromatic carbocycles. The maximum atomic E-state index is 11.0. The van der Waals surface area contributed by atoms with Crippen LogP contribution < -0.4 is 4.90 Å². The molecule has 1 N–H and O–H groups in total. The molecule has 0 aliphatic carbocycles. The normalized spacial score (nSPS) is 12.9. The molecule has 22 heavy (non-hydrogen) atoms. The highest BCUT2D eigenvalue weighted by Gasteiger charge is 2.31. The van der Waals surface area contributed by atoms with Crippen molar-refractivity contribution >= 4 is 5.69 Å². The van der Waals surface area contributed by atoms with Crippen LogP contribution in [0.4, 0.5) is 5.69 Å². The van der Waals surface area contributed by atoms with E-state index in [0.717, 1.165) is 23.4 Å². The summed E-state index contributed by atoms with van der Waals surface area (Å²) < 4.78 is 0. The second-order valence-electron chi connectivity index (χ2n) is 8.79. The molecule has 0 fully saturated rings. The predicted molar refractivity (Wildman–Crippen MR) is 97.2 cm³/mol. The molecular formula is C19H34N2O. The smallest absolute Gasteiger partial charge is 0.125 e. The fourth-order valence-electron chi connectivity index (χ4n) is 2.97. The summed E-state index contributed by atoms with van der Waals surface area (Å²) >= 11 is 0. The van der Waals surface area contributed by atoms with E-state index < -0.39 is 0 Å². The van der Waals surface area contributed by atoms with E-state index in [1.165, 1.54) is 5.56 Å². The Bertz CT molecular complexity index is 532. The Labute approximate surface area is 136 Å². The lowest BCUT2D eigenvalue weighted by Gasteiger charge is -2.34. The summed E-state index contributed by atoms with van der Waals surface area (Å²) in [5, 5.41) is 11.0. The summed E-state index contributed by atoms with van der Waals surface area (Å²) in [7, 11) is 8.28.